The summed E-state index contributed by atoms with van der Waals surface area (Å²) in [6.07, 6.45) is 0. The van der Waals surface area contributed by atoms with Crippen LogP contribution in [-0.2, 0) is 4.79 Å². The van der Waals surface area contributed by atoms with E-state index in [2.05, 4.69) is 11.4 Å². The van der Waals surface area contributed by atoms with Crippen molar-refractivity contribution in [3.8, 4) is 6.07 Å². The van der Waals surface area contributed by atoms with Crippen LogP contribution >= 0.6 is 11.8 Å². The van der Waals surface area contributed by atoms with Gasteiger partial charge >= 0.3 is 0 Å². The molecule has 29 heavy (non-hydrogen) atoms. The molecule has 146 valence electrons. The zero-order valence-electron chi connectivity index (χ0n) is 16.7. The van der Waals surface area contributed by atoms with E-state index in [1.54, 1.807) is 12.1 Å². The van der Waals surface area contributed by atoms with Gasteiger partial charge in [-0.25, -0.2) is 0 Å². The van der Waals surface area contributed by atoms with Crippen molar-refractivity contribution in [1.29, 1.82) is 5.26 Å². The molecule has 0 radical (unpaired) electrons. The number of benzene rings is 2. The molecule has 1 heterocycles. The highest BCUT2D eigenvalue weighted by molar-refractivity contribution is 8.03. The van der Waals surface area contributed by atoms with Gasteiger partial charge in [0.2, 0.25) is 0 Å². The number of hydrogen-bond donors (Lipinski definition) is 1. The number of carbonyl (C=O) groups excluding carboxylic acids is 2. The topological polar surface area (TPSA) is 70.0 Å². The van der Waals surface area contributed by atoms with Gasteiger partial charge in [-0.15, -0.1) is 0 Å². The van der Waals surface area contributed by atoms with E-state index in [1.165, 1.54) is 18.7 Å². The number of nitriles is 1. The van der Waals surface area contributed by atoms with Crippen LogP contribution in [0.15, 0.2) is 76.5 Å². The zero-order valence-corrected chi connectivity index (χ0v) is 17.5. The van der Waals surface area contributed by atoms with Gasteiger partial charge in [0.05, 0.1) is 28.3 Å². The summed E-state index contributed by atoms with van der Waals surface area (Å²) in [7, 11) is 0. The van der Waals surface area contributed by atoms with Crippen LogP contribution in [0, 0.1) is 18.3 Å². The Kier molecular flexibility index (Phi) is 6.36. The highest BCUT2D eigenvalue weighted by atomic mass is 32.2. The molecule has 0 fully saturated rings. The van der Waals surface area contributed by atoms with Gasteiger partial charge in [-0.2, -0.15) is 5.26 Å². The number of aryl methyl sites for hydroxylation is 1. The second-order valence-corrected chi connectivity index (χ2v) is 7.99. The number of Topliss-reactive ketones (excluding diaryl/α,β-unsaturated/α-hetero) is 2. The lowest BCUT2D eigenvalue weighted by atomic mass is 9.80. The number of hydrogen-bond acceptors (Lipinski definition) is 5. The summed E-state index contributed by atoms with van der Waals surface area (Å²) in [6, 6.07) is 19.2. The minimum Gasteiger partial charge on any atom is -0.353 e. The normalized spacial score (nSPS) is 16.3. The van der Waals surface area contributed by atoms with Crippen LogP contribution in [0.5, 0.6) is 0 Å². The maximum Gasteiger partial charge on any atom is 0.173 e. The van der Waals surface area contributed by atoms with Gasteiger partial charge in [-0.05, 0) is 26.3 Å². The molecular weight excluding hydrogens is 380 g/mol. The Morgan fingerprint density at radius 1 is 1.10 bits per heavy atom. The van der Waals surface area contributed by atoms with E-state index in [0.29, 0.717) is 21.7 Å². The van der Waals surface area contributed by atoms with Crippen molar-refractivity contribution in [2.24, 2.45) is 0 Å². The molecular formula is C24H22N2O2S. The summed E-state index contributed by atoms with van der Waals surface area (Å²) in [5, 5.41) is 13.8. The van der Waals surface area contributed by atoms with Gasteiger partial charge in [0, 0.05) is 16.8 Å². The highest BCUT2D eigenvalue weighted by Gasteiger charge is 2.33. The molecule has 1 aliphatic rings. The summed E-state index contributed by atoms with van der Waals surface area (Å²) in [6.45, 7) is 5.35. The number of rotatable bonds is 6. The first kappa shape index (κ1) is 20.6. The first-order valence-electron chi connectivity index (χ1n) is 9.33. The lowest BCUT2D eigenvalue weighted by molar-refractivity contribution is -0.113. The molecule has 1 unspecified atom stereocenters. The van der Waals surface area contributed by atoms with E-state index in [1.807, 2.05) is 56.3 Å². The fourth-order valence-electron chi connectivity index (χ4n) is 3.52. The van der Waals surface area contributed by atoms with E-state index < -0.39 is 5.92 Å². The monoisotopic (exact) mass is 402 g/mol. The van der Waals surface area contributed by atoms with Crippen LogP contribution in [0.1, 0.15) is 41.3 Å². The number of nitrogens with zero attached hydrogens (tertiary/aromatic N) is 1. The molecule has 4 nitrogen and oxygen atoms in total. The molecule has 0 saturated heterocycles. The summed E-state index contributed by atoms with van der Waals surface area (Å²) < 4.78 is 0. The molecule has 0 aromatic heterocycles. The fourth-order valence-corrected chi connectivity index (χ4v) is 4.51. The van der Waals surface area contributed by atoms with E-state index >= 15 is 0 Å². The highest BCUT2D eigenvalue weighted by Crippen LogP contribution is 2.41. The van der Waals surface area contributed by atoms with Crippen molar-refractivity contribution in [3.63, 3.8) is 0 Å². The average Bonchev–Trinajstić information content (AvgIpc) is 2.71. The third-order valence-electron chi connectivity index (χ3n) is 4.85. The van der Waals surface area contributed by atoms with Crippen molar-refractivity contribution >= 4 is 23.3 Å². The maximum atomic E-state index is 12.5. The van der Waals surface area contributed by atoms with Gasteiger partial charge in [-0.1, -0.05) is 71.9 Å². The molecule has 2 aromatic carbocycles. The number of ketones is 2. The molecule has 3 rings (SSSR count). The summed E-state index contributed by atoms with van der Waals surface area (Å²) in [4.78, 5) is 24.9. The smallest absolute Gasteiger partial charge is 0.173 e. The third kappa shape index (κ3) is 4.49. The van der Waals surface area contributed by atoms with E-state index in [0.717, 1.165) is 16.8 Å². The van der Waals surface area contributed by atoms with Gasteiger partial charge in [0.1, 0.15) is 0 Å². The van der Waals surface area contributed by atoms with Crippen LogP contribution in [0.3, 0.4) is 0 Å². The number of dihydropyridines is 1. The molecule has 0 aliphatic carbocycles. The van der Waals surface area contributed by atoms with Gasteiger partial charge in [0.25, 0.3) is 0 Å². The molecule has 2 aromatic rings. The predicted octanol–water partition coefficient (Wildman–Crippen LogP) is 4.90. The minimum absolute atomic E-state index is 0.00621. The molecule has 0 amide bonds. The zero-order chi connectivity index (χ0) is 21.0. The van der Waals surface area contributed by atoms with Crippen molar-refractivity contribution in [2.75, 3.05) is 5.75 Å². The molecule has 0 spiro atoms. The van der Waals surface area contributed by atoms with Crippen molar-refractivity contribution in [1.82, 2.24) is 5.32 Å². The van der Waals surface area contributed by atoms with Crippen LogP contribution < -0.4 is 5.32 Å². The third-order valence-corrected chi connectivity index (χ3v) is 5.86. The van der Waals surface area contributed by atoms with Crippen molar-refractivity contribution < 1.29 is 9.59 Å². The van der Waals surface area contributed by atoms with Gasteiger partial charge in [0.15, 0.2) is 11.6 Å². The Labute approximate surface area is 175 Å². The van der Waals surface area contributed by atoms with Crippen LogP contribution in [0.2, 0.25) is 0 Å². The summed E-state index contributed by atoms with van der Waals surface area (Å²) in [5.41, 5.74) is 4.38. The van der Waals surface area contributed by atoms with Crippen molar-refractivity contribution in [2.45, 2.75) is 26.7 Å². The molecule has 1 aliphatic heterocycles. The van der Waals surface area contributed by atoms with Crippen LogP contribution in [-0.4, -0.2) is 17.3 Å². The van der Waals surface area contributed by atoms with Gasteiger partial charge < -0.3 is 5.32 Å². The van der Waals surface area contributed by atoms with E-state index in [-0.39, 0.29) is 17.3 Å². The van der Waals surface area contributed by atoms with Crippen LogP contribution in [0.25, 0.3) is 0 Å². The molecule has 1 atom stereocenters. The number of nitrogens with one attached hydrogen (secondary N) is 1. The first-order chi connectivity index (χ1) is 13.9. The SMILES string of the molecule is CC(=O)C1=C(C)NC(SCC(=O)c2ccccc2)=C(C#N)C1c1cccc(C)c1. The Morgan fingerprint density at radius 2 is 1.83 bits per heavy atom. The second-order valence-electron chi connectivity index (χ2n) is 7.00. The molecule has 1 N–H and O–H groups in total. The predicted molar refractivity (Wildman–Crippen MR) is 116 cm³/mol. The molecule has 0 bridgehead atoms. The summed E-state index contributed by atoms with van der Waals surface area (Å²) in [5.74, 6) is -0.305. The Bertz CT molecular complexity index is 1060. The van der Waals surface area contributed by atoms with E-state index in [4.69, 9.17) is 0 Å². The quantitative estimate of drug-likeness (QED) is 0.696. The standard InChI is InChI=1S/C24H22N2O2S/c1-15-8-7-11-19(12-15)23-20(13-25)24(26-16(2)22(23)17(3)27)29-14-21(28)18-9-5-4-6-10-18/h4-12,23,26H,14H2,1-3H3. The first-order valence-corrected chi connectivity index (χ1v) is 10.3. The number of carbonyl (C=O) groups is 2. The average molecular weight is 403 g/mol. The Morgan fingerprint density at radius 3 is 2.45 bits per heavy atom. The number of thioether (sulfide) groups is 1. The maximum absolute atomic E-state index is 12.5. The summed E-state index contributed by atoms with van der Waals surface area (Å²) >= 11 is 1.30. The number of allylic oxidation sites excluding steroid dienone is 3. The molecule has 0 saturated carbocycles. The van der Waals surface area contributed by atoms with Crippen LogP contribution in [0.4, 0.5) is 0 Å². The molecule has 5 heteroatoms. The second kappa shape index (κ2) is 8.93. The van der Waals surface area contributed by atoms with E-state index in [9.17, 15) is 14.9 Å². The minimum atomic E-state index is -0.437. The lowest BCUT2D eigenvalue weighted by Crippen LogP contribution is -2.27. The lowest BCUT2D eigenvalue weighted by Gasteiger charge is -2.29. The van der Waals surface area contributed by atoms with Gasteiger partial charge in [-0.3, -0.25) is 9.59 Å². The van der Waals surface area contributed by atoms with Crippen molar-refractivity contribution in [3.05, 3.63) is 93.2 Å². The Balaban J connectivity index is 1.98. The fraction of sp³-hybridized carbons (Fsp3) is 0.208. The largest absolute Gasteiger partial charge is 0.353 e. The Hall–Kier alpha value is -3.10.